The number of fused-ring (bicyclic) bond motifs is 2. The average Bonchev–Trinajstić information content (AvgIpc) is 3.48. The molecule has 0 spiro atoms. The van der Waals surface area contributed by atoms with E-state index in [9.17, 15) is 0 Å². The van der Waals surface area contributed by atoms with Gasteiger partial charge in [-0.3, -0.25) is 4.98 Å². The standard InChI is InChI=1S/C22H25BrN2/c23-19-12-18-4-3-17-11-16(14-1-2-14)5-6-20(17)21(22(18)25-13-19)15-7-9-24-10-8-15/h5-6,11-15,21,24H,1-4,7-10H2. The fourth-order valence-corrected chi connectivity index (χ4v) is 5.24. The Labute approximate surface area is 158 Å². The molecule has 25 heavy (non-hydrogen) atoms. The predicted octanol–water partition coefficient (Wildman–Crippen LogP) is 4.95. The van der Waals surface area contributed by atoms with Crippen molar-refractivity contribution in [3.63, 3.8) is 0 Å². The van der Waals surface area contributed by atoms with Crippen LogP contribution in [0.1, 0.15) is 65.5 Å². The highest BCUT2D eigenvalue weighted by Gasteiger charge is 2.33. The highest BCUT2D eigenvalue weighted by atomic mass is 79.9. The van der Waals surface area contributed by atoms with Crippen molar-refractivity contribution < 1.29 is 0 Å². The molecule has 1 saturated carbocycles. The van der Waals surface area contributed by atoms with Gasteiger partial charge >= 0.3 is 0 Å². The smallest absolute Gasteiger partial charge is 0.0514 e. The maximum atomic E-state index is 4.94. The highest BCUT2D eigenvalue weighted by Crippen LogP contribution is 2.45. The molecule has 1 aromatic heterocycles. The molecule has 1 saturated heterocycles. The van der Waals surface area contributed by atoms with Gasteiger partial charge in [0.15, 0.2) is 0 Å². The Morgan fingerprint density at radius 1 is 0.960 bits per heavy atom. The molecule has 2 aliphatic carbocycles. The van der Waals surface area contributed by atoms with Crippen LogP contribution >= 0.6 is 15.9 Å². The zero-order valence-corrected chi connectivity index (χ0v) is 16.2. The Bertz CT molecular complexity index is 791. The van der Waals surface area contributed by atoms with E-state index in [1.54, 1.807) is 16.7 Å². The zero-order chi connectivity index (χ0) is 16.8. The first kappa shape index (κ1) is 16.0. The molecule has 1 N–H and O–H groups in total. The van der Waals surface area contributed by atoms with Crippen molar-refractivity contribution in [1.29, 1.82) is 0 Å². The first-order valence-electron chi connectivity index (χ1n) is 9.77. The molecule has 0 amide bonds. The minimum Gasteiger partial charge on any atom is -0.317 e. The lowest BCUT2D eigenvalue weighted by atomic mass is 9.76. The van der Waals surface area contributed by atoms with E-state index in [-0.39, 0.29) is 0 Å². The van der Waals surface area contributed by atoms with Gasteiger partial charge in [-0.25, -0.2) is 0 Å². The number of hydrogen-bond donors (Lipinski definition) is 1. The number of rotatable bonds is 2. The SMILES string of the molecule is Brc1cnc2c(c1)CCc1cc(C3CC3)ccc1C2C1CCNCC1. The Kier molecular flexibility index (Phi) is 4.17. The molecule has 1 unspecified atom stereocenters. The molecule has 2 fully saturated rings. The van der Waals surface area contributed by atoms with Gasteiger partial charge in [-0.15, -0.1) is 0 Å². The summed E-state index contributed by atoms with van der Waals surface area (Å²) in [5, 5.41) is 3.53. The molecule has 3 aliphatic rings. The molecule has 1 aromatic carbocycles. The predicted molar refractivity (Wildman–Crippen MR) is 105 cm³/mol. The summed E-state index contributed by atoms with van der Waals surface area (Å²) in [6.45, 7) is 2.28. The van der Waals surface area contributed by atoms with Crippen LogP contribution in [0.4, 0.5) is 0 Å². The largest absolute Gasteiger partial charge is 0.317 e. The summed E-state index contributed by atoms with van der Waals surface area (Å²) in [5.74, 6) is 2.01. The van der Waals surface area contributed by atoms with E-state index < -0.39 is 0 Å². The van der Waals surface area contributed by atoms with Crippen molar-refractivity contribution in [1.82, 2.24) is 10.3 Å². The van der Waals surface area contributed by atoms with Gasteiger partial charge in [-0.2, -0.15) is 0 Å². The molecular weight excluding hydrogens is 372 g/mol. The third-order valence-electron chi connectivity index (χ3n) is 6.33. The van der Waals surface area contributed by atoms with Gasteiger partial charge in [-0.1, -0.05) is 18.2 Å². The first-order chi connectivity index (χ1) is 12.3. The van der Waals surface area contributed by atoms with Crippen molar-refractivity contribution >= 4 is 15.9 Å². The van der Waals surface area contributed by atoms with Crippen LogP contribution in [-0.4, -0.2) is 18.1 Å². The van der Waals surface area contributed by atoms with Crippen molar-refractivity contribution in [2.75, 3.05) is 13.1 Å². The van der Waals surface area contributed by atoms with E-state index in [1.165, 1.54) is 36.9 Å². The Balaban J connectivity index is 1.63. The molecule has 130 valence electrons. The van der Waals surface area contributed by atoms with Crippen LogP contribution in [0.15, 0.2) is 34.9 Å². The van der Waals surface area contributed by atoms with Gasteiger partial charge in [-0.05, 0) is 108 Å². The van der Waals surface area contributed by atoms with Gasteiger partial charge in [0.25, 0.3) is 0 Å². The number of benzene rings is 1. The summed E-state index contributed by atoms with van der Waals surface area (Å²) < 4.78 is 1.11. The van der Waals surface area contributed by atoms with E-state index in [0.29, 0.717) is 11.8 Å². The summed E-state index contributed by atoms with van der Waals surface area (Å²) >= 11 is 3.63. The summed E-state index contributed by atoms with van der Waals surface area (Å²) in [6.07, 6.45) is 9.54. The van der Waals surface area contributed by atoms with Crippen LogP contribution in [0.5, 0.6) is 0 Å². The fraction of sp³-hybridized carbons (Fsp3) is 0.500. The van der Waals surface area contributed by atoms with Crippen LogP contribution in [0.2, 0.25) is 0 Å². The number of pyridine rings is 1. The maximum absolute atomic E-state index is 4.94. The third-order valence-corrected chi connectivity index (χ3v) is 6.77. The normalized spacial score (nSPS) is 23.6. The fourth-order valence-electron chi connectivity index (χ4n) is 4.86. The number of nitrogens with one attached hydrogen (secondary N) is 1. The van der Waals surface area contributed by atoms with E-state index in [1.807, 2.05) is 6.20 Å². The second-order valence-corrected chi connectivity index (χ2v) is 8.91. The number of halogens is 1. The molecule has 2 aromatic rings. The summed E-state index contributed by atoms with van der Waals surface area (Å²) in [4.78, 5) is 4.94. The molecule has 0 bridgehead atoms. The number of hydrogen-bond acceptors (Lipinski definition) is 2. The Morgan fingerprint density at radius 2 is 1.76 bits per heavy atom. The minimum absolute atomic E-state index is 0.468. The number of aromatic nitrogens is 1. The van der Waals surface area contributed by atoms with Crippen LogP contribution in [0.3, 0.4) is 0 Å². The van der Waals surface area contributed by atoms with Crippen LogP contribution in [0.25, 0.3) is 0 Å². The second-order valence-electron chi connectivity index (χ2n) is 8.00. The van der Waals surface area contributed by atoms with Gasteiger partial charge < -0.3 is 5.32 Å². The second kappa shape index (κ2) is 6.51. The van der Waals surface area contributed by atoms with Gasteiger partial charge in [0.1, 0.15) is 0 Å². The third kappa shape index (κ3) is 3.06. The molecule has 3 heteroatoms. The van der Waals surface area contributed by atoms with Gasteiger partial charge in [0.05, 0.1) is 5.69 Å². The molecular formula is C22H25BrN2. The van der Waals surface area contributed by atoms with Gasteiger partial charge in [0, 0.05) is 16.6 Å². The van der Waals surface area contributed by atoms with E-state index in [2.05, 4.69) is 45.5 Å². The number of piperidine rings is 1. The van der Waals surface area contributed by atoms with Crippen molar-refractivity contribution in [2.24, 2.45) is 5.92 Å². The Morgan fingerprint density at radius 3 is 2.56 bits per heavy atom. The quantitative estimate of drug-likeness (QED) is 0.776. The van der Waals surface area contributed by atoms with E-state index in [4.69, 9.17) is 4.98 Å². The van der Waals surface area contributed by atoms with Gasteiger partial charge in [0.2, 0.25) is 0 Å². The lowest BCUT2D eigenvalue weighted by Gasteiger charge is -2.32. The highest BCUT2D eigenvalue weighted by molar-refractivity contribution is 9.10. The van der Waals surface area contributed by atoms with E-state index >= 15 is 0 Å². The van der Waals surface area contributed by atoms with Crippen LogP contribution < -0.4 is 5.32 Å². The molecule has 1 atom stereocenters. The summed E-state index contributed by atoms with van der Waals surface area (Å²) in [7, 11) is 0. The summed E-state index contributed by atoms with van der Waals surface area (Å²) in [6, 6.07) is 9.70. The lowest BCUT2D eigenvalue weighted by Crippen LogP contribution is -2.32. The topological polar surface area (TPSA) is 24.9 Å². The summed E-state index contributed by atoms with van der Waals surface area (Å²) in [5.41, 5.74) is 7.50. The molecule has 2 heterocycles. The average molecular weight is 397 g/mol. The molecule has 5 rings (SSSR count). The number of nitrogens with zero attached hydrogens (tertiary/aromatic N) is 1. The monoisotopic (exact) mass is 396 g/mol. The lowest BCUT2D eigenvalue weighted by molar-refractivity contribution is 0.338. The Hall–Kier alpha value is -1.19. The first-order valence-corrected chi connectivity index (χ1v) is 10.6. The van der Waals surface area contributed by atoms with Crippen LogP contribution in [-0.2, 0) is 12.8 Å². The van der Waals surface area contributed by atoms with Crippen molar-refractivity contribution in [2.45, 2.75) is 50.4 Å². The van der Waals surface area contributed by atoms with Crippen LogP contribution in [0, 0.1) is 5.92 Å². The number of aryl methyl sites for hydroxylation is 2. The van der Waals surface area contributed by atoms with E-state index in [0.717, 1.165) is 36.3 Å². The van der Waals surface area contributed by atoms with Crippen molar-refractivity contribution in [3.8, 4) is 0 Å². The van der Waals surface area contributed by atoms with Crippen molar-refractivity contribution in [3.05, 3.63) is 62.9 Å². The molecule has 2 nitrogen and oxygen atoms in total. The molecule has 0 radical (unpaired) electrons. The zero-order valence-electron chi connectivity index (χ0n) is 14.6. The maximum Gasteiger partial charge on any atom is 0.0514 e. The molecule has 1 aliphatic heterocycles. The minimum atomic E-state index is 0.468.